The van der Waals surface area contributed by atoms with Gasteiger partial charge >= 0.3 is 0 Å². The Morgan fingerprint density at radius 1 is 0.970 bits per heavy atom. The Hall–Kier alpha value is -3.80. The number of aryl methyl sites for hydroxylation is 1. The molecule has 0 radical (unpaired) electrons. The molecule has 33 heavy (non-hydrogen) atoms. The maximum atomic E-state index is 13.0. The van der Waals surface area contributed by atoms with Crippen molar-refractivity contribution in [2.75, 3.05) is 5.32 Å². The second kappa shape index (κ2) is 9.36. The third kappa shape index (κ3) is 4.70. The molecule has 1 saturated carbocycles. The zero-order valence-corrected chi connectivity index (χ0v) is 18.8. The molecule has 1 fully saturated rings. The smallest absolute Gasteiger partial charge is 0.253 e. The summed E-state index contributed by atoms with van der Waals surface area (Å²) < 4.78 is 7.66. The molecule has 0 bridgehead atoms. The van der Waals surface area contributed by atoms with E-state index in [1.807, 2.05) is 73.8 Å². The van der Waals surface area contributed by atoms with Crippen molar-refractivity contribution in [3.05, 3.63) is 84.2 Å². The summed E-state index contributed by atoms with van der Waals surface area (Å²) in [7, 11) is 0. The second-order valence-electron chi connectivity index (χ2n) is 8.58. The van der Waals surface area contributed by atoms with Gasteiger partial charge in [0.25, 0.3) is 5.91 Å². The molecular formula is C27H28N4O2. The molecule has 6 nitrogen and oxygen atoms in total. The van der Waals surface area contributed by atoms with Crippen molar-refractivity contribution in [2.45, 2.75) is 45.1 Å². The summed E-state index contributed by atoms with van der Waals surface area (Å²) in [6.45, 7) is 1.98. The van der Waals surface area contributed by atoms with Crippen molar-refractivity contribution in [1.82, 2.24) is 14.9 Å². The molecule has 6 heteroatoms. The first kappa shape index (κ1) is 21.1. The van der Waals surface area contributed by atoms with Crippen LogP contribution in [0.4, 0.5) is 11.4 Å². The first-order valence-electron chi connectivity index (χ1n) is 11.6. The van der Waals surface area contributed by atoms with Gasteiger partial charge in [-0.15, -0.1) is 0 Å². The van der Waals surface area contributed by atoms with Crippen molar-refractivity contribution in [1.29, 1.82) is 0 Å². The van der Waals surface area contributed by atoms with E-state index < -0.39 is 0 Å². The maximum Gasteiger partial charge on any atom is 0.253 e. The van der Waals surface area contributed by atoms with Gasteiger partial charge in [0.2, 0.25) is 0 Å². The summed E-state index contributed by atoms with van der Waals surface area (Å²) in [4.78, 5) is 13.0. The minimum Gasteiger partial charge on any atom is -0.457 e. The fourth-order valence-electron chi connectivity index (χ4n) is 4.48. The molecule has 0 atom stereocenters. The Labute approximate surface area is 193 Å². The highest BCUT2D eigenvalue weighted by Gasteiger charge is 2.21. The third-order valence-corrected chi connectivity index (χ3v) is 6.22. The number of nitrogens with zero attached hydrogens (tertiary/aromatic N) is 2. The molecule has 2 aromatic heterocycles. The molecule has 0 aliphatic heterocycles. The molecule has 5 rings (SSSR count). The van der Waals surface area contributed by atoms with E-state index >= 15 is 0 Å². The van der Waals surface area contributed by atoms with Gasteiger partial charge in [-0.1, -0.05) is 37.5 Å². The Kier molecular flexibility index (Phi) is 5.98. The SMILES string of the molecule is Cc1c(C(=O)NC2CCCCC2)cn2nccc(Nc3ccc(Oc4ccccc4)cc3)c12. The quantitative estimate of drug-likeness (QED) is 0.372. The monoisotopic (exact) mass is 440 g/mol. The van der Waals surface area contributed by atoms with Gasteiger partial charge in [-0.05, 0) is 67.8 Å². The molecule has 1 aliphatic carbocycles. The van der Waals surface area contributed by atoms with Gasteiger partial charge in [-0.3, -0.25) is 4.79 Å². The first-order valence-corrected chi connectivity index (χ1v) is 11.6. The summed E-state index contributed by atoms with van der Waals surface area (Å²) in [6.07, 6.45) is 9.33. The van der Waals surface area contributed by atoms with E-state index in [9.17, 15) is 4.79 Å². The van der Waals surface area contributed by atoms with Crippen LogP contribution in [-0.4, -0.2) is 21.6 Å². The highest BCUT2D eigenvalue weighted by atomic mass is 16.5. The lowest BCUT2D eigenvalue weighted by molar-refractivity contribution is 0.0927. The van der Waals surface area contributed by atoms with E-state index in [0.717, 1.165) is 46.8 Å². The molecule has 168 valence electrons. The Balaban J connectivity index is 1.34. The van der Waals surface area contributed by atoms with Crippen molar-refractivity contribution >= 4 is 22.8 Å². The average Bonchev–Trinajstić information content (AvgIpc) is 3.19. The summed E-state index contributed by atoms with van der Waals surface area (Å²) in [6, 6.07) is 19.7. The number of aromatic nitrogens is 2. The topological polar surface area (TPSA) is 67.7 Å². The van der Waals surface area contributed by atoms with Crippen LogP contribution in [0.15, 0.2) is 73.1 Å². The molecule has 2 heterocycles. The standard InChI is InChI=1S/C27H28N4O2/c1-19-24(27(32)30-20-8-4-2-5-9-20)18-31-26(19)25(16-17-28-31)29-21-12-14-23(15-13-21)33-22-10-6-3-7-11-22/h3,6-7,10-18,20,29H,2,4-5,8-9H2,1H3,(H,30,32). The minimum absolute atomic E-state index is 0.0155. The number of anilines is 2. The number of hydrogen-bond donors (Lipinski definition) is 2. The van der Waals surface area contributed by atoms with Crippen molar-refractivity contribution < 1.29 is 9.53 Å². The van der Waals surface area contributed by atoms with E-state index in [4.69, 9.17) is 4.74 Å². The minimum atomic E-state index is -0.0155. The molecule has 2 aromatic carbocycles. The van der Waals surface area contributed by atoms with Crippen LogP contribution < -0.4 is 15.4 Å². The largest absolute Gasteiger partial charge is 0.457 e. The number of rotatable bonds is 6. The number of fused-ring (bicyclic) bond motifs is 1. The third-order valence-electron chi connectivity index (χ3n) is 6.22. The number of ether oxygens (including phenoxy) is 1. The Morgan fingerprint density at radius 3 is 2.45 bits per heavy atom. The van der Waals surface area contributed by atoms with E-state index in [-0.39, 0.29) is 11.9 Å². The van der Waals surface area contributed by atoms with Gasteiger partial charge in [0, 0.05) is 24.1 Å². The molecule has 0 spiro atoms. The van der Waals surface area contributed by atoms with E-state index in [0.29, 0.717) is 5.56 Å². The summed E-state index contributed by atoms with van der Waals surface area (Å²) in [5, 5.41) is 11.1. The van der Waals surface area contributed by atoms with Gasteiger partial charge in [-0.25, -0.2) is 4.52 Å². The van der Waals surface area contributed by atoms with Crippen LogP contribution in [-0.2, 0) is 0 Å². The number of hydrogen-bond acceptors (Lipinski definition) is 4. The molecule has 1 amide bonds. The van der Waals surface area contributed by atoms with Crippen LogP contribution in [0.25, 0.3) is 5.52 Å². The normalized spacial score (nSPS) is 14.2. The summed E-state index contributed by atoms with van der Waals surface area (Å²) in [5.41, 5.74) is 4.32. The number of para-hydroxylation sites is 1. The average molecular weight is 441 g/mol. The van der Waals surface area contributed by atoms with Crippen molar-refractivity contribution in [2.24, 2.45) is 0 Å². The first-order chi connectivity index (χ1) is 16.2. The van der Waals surface area contributed by atoms with Crippen molar-refractivity contribution in [3.8, 4) is 11.5 Å². The summed E-state index contributed by atoms with van der Waals surface area (Å²) in [5.74, 6) is 1.56. The van der Waals surface area contributed by atoms with Gasteiger partial charge in [-0.2, -0.15) is 5.10 Å². The Bertz CT molecular complexity index is 1240. The van der Waals surface area contributed by atoms with E-state index in [1.165, 1.54) is 19.3 Å². The highest BCUT2D eigenvalue weighted by Crippen LogP contribution is 2.29. The Morgan fingerprint density at radius 2 is 1.70 bits per heavy atom. The number of carbonyl (C=O) groups is 1. The molecular weight excluding hydrogens is 412 g/mol. The van der Waals surface area contributed by atoms with Crippen molar-refractivity contribution in [3.63, 3.8) is 0 Å². The lowest BCUT2D eigenvalue weighted by atomic mass is 9.95. The van der Waals surface area contributed by atoms with Crippen LogP contribution in [0.2, 0.25) is 0 Å². The molecule has 0 saturated heterocycles. The lowest BCUT2D eigenvalue weighted by Crippen LogP contribution is -2.36. The number of benzene rings is 2. The zero-order chi connectivity index (χ0) is 22.6. The predicted molar refractivity (Wildman–Crippen MR) is 131 cm³/mol. The van der Waals surface area contributed by atoms with Crippen LogP contribution in [0.3, 0.4) is 0 Å². The number of nitrogens with one attached hydrogen (secondary N) is 2. The molecule has 0 unspecified atom stereocenters. The van der Waals surface area contributed by atoms with Crippen LogP contribution in [0.1, 0.15) is 48.0 Å². The van der Waals surface area contributed by atoms with Crippen LogP contribution in [0, 0.1) is 6.92 Å². The van der Waals surface area contributed by atoms with E-state index in [1.54, 1.807) is 10.7 Å². The van der Waals surface area contributed by atoms with Gasteiger partial charge in [0.05, 0.1) is 16.8 Å². The predicted octanol–water partition coefficient (Wildman–Crippen LogP) is 6.24. The van der Waals surface area contributed by atoms with Gasteiger partial charge in [0.15, 0.2) is 0 Å². The number of carbonyl (C=O) groups excluding carboxylic acids is 1. The van der Waals surface area contributed by atoms with Crippen LogP contribution in [0.5, 0.6) is 11.5 Å². The molecule has 2 N–H and O–H groups in total. The fourth-order valence-corrected chi connectivity index (χ4v) is 4.48. The second-order valence-corrected chi connectivity index (χ2v) is 8.58. The highest BCUT2D eigenvalue weighted by molar-refractivity contribution is 5.99. The van der Waals surface area contributed by atoms with E-state index in [2.05, 4.69) is 15.7 Å². The fraction of sp³-hybridized carbons (Fsp3) is 0.259. The molecule has 1 aliphatic rings. The number of amides is 1. The lowest BCUT2D eigenvalue weighted by Gasteiger charge is -2.22. The zero-order valence-electron chi connectivity index (χ0n) is 18.8. The van der Waals surface area contributed by atoms with Gasteiger partial charge < -0.3 is 15.4 Å². The maximum absolute atomic E-state index is 13.0. The van der Waals surface area contributed by atoms with Gasteiger partial charge in [0.1, 0.15) is 11.5 Å². The van der Waals surface area contributed by atoms with Crippen LogP contribution >= 0.6 is 0 Å². The summed E-state index contributed by atoms with van der Waals surface area (Å²) >= 11 is 0. The molecule has 4 aromatic rings.